The fourth-order valence-corrected chi connectivity index (χ4v) is 2.83. The van der Waals surface area contributed by atoms with E-state index in [0.29, 0.717) is 0 Å². The van der Waals surface area contributed by atoms with Gasteiger partial charge in [0.15, 0.2) is 0 Å². The fourth-order valence-electron chi connectivity index (χ4n) is 2.12. The van der Waals surface area contributed by atoms with E-state index < -0.39 is 6.10 Å². The molecule has 0 aliphatic heterocycles. The largest absolute Gasteiger partial charge is 0.461 e. The minimum Gasteiger partial charge on any atom is -0.461 e. The van der Waals surface area contributed by atoms with Crippen LogP contribution in [0.3, 0.4) is 0 Å². The molecule has 1 unspecified atom stereocenters. The van der Waals surface area contributed by atoms with Gasteiger partial charge in [-0.15, -0.1) is 11.3 Å². The zero-order valence-electron chi connectivity index (χ0n) is 9.38. The fraction of sp³-hybridized carbons (Fsp3) is 0.143. The van der Waals surface area contributed by atoms with Crippen LogP contribution in [0.4, 0.5) is 0 Å². The molecule has 1 atom stereocenters. The molecule has 1 aromatic carbocycles. The summed E-state index contributed by atoms with van der Waals surface area (Å²) in [4.78, 5) is 0.944. The number of fused-ring (bicyclic) bond motifs is 1. The zero-order chi connectivity index (χ0) is 11.8. The van der Waals surface area contributed by atoms with Crippen molar-refractivity contribution in [2.45, 2.75) is 13.0 Å². The molecule has 0 aliphatic carbocycles. The van der Waals surface area contributed by atoms with Crippen molar-refractivity contribution in [2.24, 2.45) is 0 Å². The molecule has 0 saturated heterocycles. The Morgan fingerprint density at radius 1 is 1.18 bits per heavy atom. The van der Waals surface area contributed by atoms with E-state index in [-0.39, 0.29) is 0 Å². The van der Waals surface area contributed by atoms with Gasteiger partial charge in [-0.2, -0.15) is 0 Å². The minimum atomic E-state index is -0.598. The first-order chi connectivity index (χ1) is 8.27. The van der Waals surface area contributed by atoms with Crippen LogP contribution in [0.1, 0.15) is 22.3 Å². The molecular formula is C14H12O2S. The number of para-hydroxylation sites is 1. The topological polar surface area (TPSA) is 33.4 Å². The lowest BCUT2D eigenvalue weighted by atomic mass is 10.0. The van der Waals surface area contributed by atoms with Crippen LogP contribution in [-0.2, 0) is 0 Å². The number of hydrogen-bond acceptors (Lipinski definition) is 3. The lowest BCUT2D eigenvalue weighted by molar-refractivity contribution is 0.223. The molecule has 0 bridgehead atoms. The van der Waals surface area contributed by atoms with E-state index in [0.717, 1.165) is 27.2 Å². The van der Waals surface area contributed by atoms with Crippen molar-refractivity contribution in [1.29, 1.82) is 0 Å². The maximum atomic E-state index is 10.4. The quantitative estimate of drug-likeness (QED) is 0.742. The van der Waals surface area contributed by atoms with Gasteiger partial charge in [0.1, 0.15) is 17.4 Å². The summed E-state index contributed by atoms with van der Waals surface area (Å²) in [5.41, 5.74) is 1.71. The zero-order valence-corrected chi connectivity index (χ0v) is 10.2. The number of hydrogen-bond donors (Lipinski definition) is 1. The third kappa shape index (κ3) is 1.68. The van der Waals surface area contributed by atoms with E-state index in [1.54, 1.807) is 11.3 Å². The van der Waals surface area contributed by atoms with Gasteiger partial charge in [0.2, 0.25) is 0 Å². The Morgan fingerprint density at radius 2 is 2.00 bits per heavy atom. The molecule has 0 amide bonds. The van der Waals surface area contributed by atoms with Gasteiger partial charge in [0.05, 0.1) is 0 Å². The first-order valence-corrected chi connectivity index (χ1v) is 6.35. The molecular weight excluding hydrogens is 232 g/mol. The number of aliphatic hydroxyl groups excluding tert-OH is 1. The molecule has 0 spiro atoms. The molecule has 3 aromatic rings. The van der Waals surface area contributed by atoms with Crippen molar-refractivity contribution in [3.05, 3.63) is 58.0 Å². The van der Waals surface area contributed by atoms with Gasteiger partial charge in [-0.05, 0) is 24.4 Å². The Bertz CT molecular complexity index is 637. The first kappa shape index (κ1) is 10.6. The Labute approximate surface area is 103 Å². The normalized spacial score (nSPS) is 13.1. The molecule has 2 heterocycles. The second kappa shape index (κ2) is 4.02. The molecule has 17 heavy (non-hydrogen) atoms. The number of aliphatic hydroxyl groups is 1. The highest BCUT2D eigenvalue weighted by Gasteiger charge is 2.20. The van der Waals surface area contributed by atoms with Crippen LogP contribution in [0.2, 0.25) is 0 Å². The molecule has 0 radical (unpaired) electrons. The number of thiophene rings is 1. The number of benzene rings is 1. The summed E-state index contributed by atoms with van der Waals surface area (Å²) in [7, 11) is 0. The van der Waals surface area contributed by atoms with E-state index in [4.69, 9.17) is 4.42 Å². The van der Waals surface area contributed by atoms with Crippen molar-refractivity contribution in [3.63, 3.8) is 0 Å². The highest BCUT2D eigenvalue weighted by Crippen LogP contribution is 2.35. The smallest absolute Gasteiger partial charge is 0.134 e. The monoisotopic (exact) mass is 244 g/mol. The second-order valence-corrected chi connectivity index (χ2v) is 4.97. The predicted octanol–water partition coefficient (Wildman–Crippen LogP) is 3.88. The van der Waals surface area contributed by atoms with Crippen LogP contribution in [0.25, 0.3) is 11.0 Å². The van der Waals surface area contributed by atoms with Gasteiger partial charge in [0, 0.05) is 15.8 Å². The average molecular weight is 244 g/mol. The predicted molar refractivity (Wildman–Crippen MR) is 69.3 cm³/mol. The third-order valence-corrected chi connectivity index (χ3v) is 3.83. The number of aryl methyl sites for hydroxylation is 1. The second-order valence-electron chi connectivity index (χ2n) is 3.99. The molecule has 1 N–H and O–H groups in total. The molecule has 2 aromatic heterocycles. The summed E-state index contributed by atoms with van der Waals surface area (Å²) in [6, 6.07) is 11.7. The van der Waals surface area contributed by atoms with Gasteiger partial charge in [-0.1, -0.05) is 24.3 Å². The number of furan rings is 1. The Kier molecular flexibility index (Phi) is 2.50. The Morgan fingerprint density at radius 3 is 2.76 bits per heavy atom. The van der Waals surface area contributed by atoms with E-state index >= 15 is 0 Å². The van der Waals surface area contributed by atoms with Gasteiger partial charge in [-0.25, -0.2) is 0 Å². The average Bonchev–Trinajstić information content (AvgIpc) is 2.94. The first-order valence-electron chi connectivity index (χ1n) is 5.47. The van der Waals surface area contributed by atoms with Crippen molar-refractivity contribution < 1.29 is 9.52 Å². The molecule has 0 saturated carbocycles. The van der Waals surface area contributed by atoms with Crippen LogP contribution in [-0.4, -0.2) is 5.11 Å². The van der Waals surface area contributed by atoms with E-state index in [2.05, 4.69) is 0 Å². The lowest BCUT2D eigenvalue weighted by Crippen LogP contribution is -1.97. The van der Waals surface area contributed by atoms with E-state index in [1.807, 2.05) is 48.7 Å². The van der Waals surface area contributed by atoms with Crippen molar-refractivity contribution in [2.75, 3.05) is 0 Å². The third-order valence-electron chi connectivity index (χ3n) is 2.91. The van der Waals surface area contributed by atoms with Crippen LogP contribution in [0.5, 0.6) is 0 Å². The highest BCUT2D eigenvalue weighted by molar-refractivity contribution is 7.10. The summed E-state index contributed by atoms with van der Waals surface area (Å²) in [6.07, 6.45) is -0.598. The van der Waals surface area contributed by atoms with Crippen LogP contribution < -0.4 is 0 Å². The van der Waals surface area contributed by atoms with Crippen LogP contribution >= 0.6 is 11.3 Å². The van der Waals surface area contributed by atoms with Crippen molar-refractivity contribution in [3.8, 4) is 0 Å². The van der Waals surface area contributed by atoms with Crippen molar-refractivity contribution >= 4 is 22.3 Å². The Hall–Kier alpha value is -1.58. The maximum Gasteiger partial charge on any atom is 0.134 e. The SMILES string of the molecule is Cc1oc2ccccc2c1C(O)c1cccs1. The highest BCUT2D eigenvalue weighted by atomic mass is 32.1. The van der Waals surface area contributed by atoms with Crippen LogP contribution in [0.15, 0.2) is 46.2 Å². The number of rotatable bonds is 2. The van der Waals surface area contributed by atoms with Gasteiger partial charge in [-0.3, -0.25) is 0 Å². The minimum absolute atomic E-state index is 0.598. The molecule has 3 rings (SSSR count). The maximum absolute atomic E-state index is 10.4. The summed E-state index contributed by atoms with van der Waals surface area (Å²) in [5.74, 6) is 0.784. The standard InChI is InChI=1S/C14H12O2S/c1-9-13(14(15)12-7-4-8-17-12)10-5-2-3-6-11(10)16-9/h2-8,14-15H,1H3. The molecule has 2 nitrogen and oxygen atoms in total. The summed E-state index contributed by atoms with van der Waals surface area (Å²) in [6.45, 7) is 1.90. The van der Waals surface area contributed by atoms with E-state index in [9.17, 15) is 5.11 Å². The van der Waals surface area contributed by atoms with Gasteiger partial charge in [0.25, 0.3) is 0 Å². The van der Waals surface area contributed by atoms with Gasteiger partial charge >= 0.3 is 0 Å². The summed E-state index contributed by atoms with van der Waals surface area (Å²) in [5, 5.41) is 13.4. The Balaban J connectivity index is 2.20. The lowest BCUT2D eigenvalue weighted by Gasteiger charge is -2.07. The summed E-state index contributed by atoms with van der Waals surface area (Å²) >= 11 is 1.55. The molecule has 3 heteroatoms. The van der Waals surface area contributed by atoms with Gasteiger partial charge < -0.3 is 9.52 Å². The van der Waals surface area contributed by atoms with E-state index in [1.165, 1.54) is 0 Å². The molecule has 0 aliphatic rings. The van der Waals surface area contributed by atoms with Crippen LogP contribution in [0, 0.1) is 6.92 Å². The molecule has 0 fully saturated rings. The van der Waals surface area contributed by atoms with Crippen molar-refractivity contribution in [1.82, 2.24) is 0 Å². The summed E-state index contributed by atoms with van der Waals surface area (Å²) < 4.78 is 5.66. The molecule has 86 valence electrons.